The Hall–Kier alpha value is -2.87. The summed E-state index contributed by atoms with van der Waals surface area (Å²) in [6, 6.07) is 10.5. The van der Waals surface area contributed by atoms with Crippen molar-refractivity contribution in [3.8, 4) is 0 Å². The van der Waals surface area contributed by atoms with Gasteiger partial charge in [0.1, 0.15) is 17.5 Å². The van der Waals surface area contributed by atoms with Crippen LogP contribution >= 0.6 is 11.8 Å². The van der Waals surface area contributed by atoms with Gasteiger partial charge in [-0.1, -0.05) is 29.4 Å². The number of nitrogens with one attached hydrogen (secondary N) is 1. The number of likely N-dealkylation sites (N-methyl/N-ethyl adjacent to an activating group) is 1. The second kappa shape index (κ2) is 9.75. The number of hydrogen-bond acceptors (Lipinski definition) is 6. The molecule has 3 aromatic rings. The van der Waals surface area contributed by atoms with Crippen molar-refractivity contribution in [1.82, 2.24) is 20.4 Å². The minimum absolute atomic E-state index is 0.154. The summed E-state index contributed by atoms with van der Waals surface area (Å²) in [4.78, 5) is 32.0. The molecule has 0 aliphatic carbocycles. The van der Waals surface area contributed by atoms with Crippen LogP contribution in [0.5, 0.6) is 0 Å². The van der Waals surface area contributed by atoms with E-state index in [1.165, 1.54) is 0 Å². The van der Waals surface area contributed by atoms with E-state index in [-0.39, 0.29) is 11.8 Å². The molecule has 0 saturated carbocycles. The van der Waals surface area contributed by atoms with Gasteiger partial charge in [0.2, 0.25) is 5.91 Å². The van der Waals surface area contributed by atoms with E-state index in [1.807, 2.05) is 50.4 Å². The smallest absolute Gasteiger partial charge is 0.270 e. The summed E-state index contributed by atoms with van der Waals surface area (Å²) in [5, 5.41) is 7.78. The molecule has 0 radical (unpaired) electrons. The monoisotopic (exact) mass is 426 g/mol. The summed E-state index contributed by atoms with van der Waals surface area (Å²) < 4.78 is 5.19. The third kappa shape index (κ3) is 4.99. The molecule has 0 bridgehead atoms. The van der Waals surface area contributed by atoms with Gasteiger partial charge in [0.05, 0.1) is 17.8 Å². The third-order valence-corrected chi connectivity index (χ3v) is 5.64. The number of amides is 2. The van der Waals surface area contributed by atoms with Crippen molar-refractivity contribution in [1.29, 1.82) is 0 Å². The number of rotatable bonds is 8. The average Bonchev–Trinajstić information content (AvgIpc) is 3.07. The minimum Gasteiger partial charge on any atom is -0.361 e. The van der Waals surface area contributed by atoms with E-state index in [2.05, 4.69) is 15.5 Å². The molecule has 0 spiro atoms. The number of aryl methyl sites for hydroxylation is 2. The summed E-state index contributed by atoms with van der Waals surface area (Å²) >= 11 is 1.63. The summed E-state index contributed by atoms with van der Waals surface area (Å²) in [6.45, 7) is 4.05. The fourth-order valence-corrected chi connectivity index (χ4v) is 3.70. The lowest BCUT2D eigenvalue weighted by Crippen LogP contribution is -2.47. The molecule has 0 aliphatic heterocycles. The van der Waals surface area contributed by atoms with Crippen molar-refractivity contribution in [3.05, 3.63) is 59.1 Å². The maximum Gasteiger partial charge on any atom is 0.270 e. The lowest BCUT2D eigenvalue weighted by atomic mass is 10.1. The molecule has 0 saturated heterocycles. The highest BCUT2D eigenvalue weighted by atomic mass is 32.2. The standard InChI is InChI=1S/C22H26N4O3S/c1-14-17(15(2)29-25-14)13-26(3)22(28)20(11-12-30-4)24-21(27)19-10-9-16-7-5-6-8-18(16)23-19/h5-10,20H,11-13H2,1-4H3,(H,24,27). The normalized spacial score (nSPS) is 12.0. The molecule has 7 nitrogen and oxygen atoms in total. The number of carbonyl (C=O) groups excluding carboxylic acids is 2. The molecular formula is C22H26N4O3S. The van der Waals surface area contributed by atoms with Gasteiger partial charge in [0.25, 0.3) is 5.91 Å². The first-order valence-electron chi connectivity index (χ1n) is 9.73. The van der Waals surface area contributed by atoms with E-state index >= 15 is 0 Å². The van der Waals surface area contributed by atoms with Crippen LogP contribution in [0.25, 0.3) is 10.9 Å². The lowest BCUT2D eigenvalue weighted by Gasteiger charge is -2.24. The number of nitrogens with zero attached hydrogens (tertiary/aromatic N) is 3. The Labute approximate surface area is 180 Å². The maximum absolute atomic E-state index is 13.1. The van der Waals surface area contributed by atoms with Gasteiger partial charge in [0.15, 0.2) is 0 Å². The van der Waals surface area contributed by atoms with E-state index in [9.17, 15) is 9.59 Å². The van der Waals surface area contributed by atoms with Crippen LogP contribution in [0.2, 0.25) is 0 Å². The number of pyridine rings is 1. The summed E-state index contributed by atoms with van der Waals surface area (Å²) in [5.74, 6) is 0.933. The van der Waals surface area contributed by atoms with Crippen molar-refractivity contribution in [3.63, 3.8) is 0 Å². The Kier molecular flexibility index (Phi) is 7.10. The second-order valence-electron chi connectivity index (χ2n) is 7.19. The second-order valence-corrected chi connectivity index (χ2v) is 8.18. The quantitative estimate of drug-likeness (QED) is 0.594. The van der Waals surface area contributed by atoms with Gasteiger partial charge in [-0.25, -0.2) is 4.98 Å². The Balaban J connectivity index is 1.75. The fourth-order valence-electron chi connectivity index (χ4n) is 3.23. The van der Waals surface area contributed by atoms with Crippen molar-refractivity contribution in [2.75, 3.05) is 19.1 Å². The molecule has 1 unspecified atom stereocenters. The summed E-state index contributed by atoms with van der Waals surface area (Å²) in [6.07, 6.45) is 2.51. The van der Waals surface area contributed by atoms with Crippen LogP contribution in [0.3, 0.4) is 0 Å². The number of hydrogen-bond donors (Lipinski definition) is 1. The zero-order valence-corrected chi connectivity index (χ0v) is 18.5. The molecule has 3 rings (SSSR count). The highest BCUT2D eigenvalue weighted by molar-refractivity contribution is 7.98. The fraction of sp³-hybridized carbons (Fsp3) is 0.364. The van der Waals surface area contributed by atoms with Crippen molar-refractivity contribution in [2.24, 2.45) is 0 Å². The molecule has 0 aliphatic rings. The van der Waals surface area contributed by atoms with Crippen molar-refractivity contribution >= 4 is 34.5 Å². The molecule has 2 heterocycles. The molecule has 158 valence electrons. The molecular weight excluding hydrogens is 400 g/mol. The number of benzene rings is 1. The van der Waals surface area contributed by atoms with E-state index in [0.717, 1.165) is 27.9 Å². The van der Waals surface area contributed by atoms with Gasteiger partial charge >= 0.3 is 0 Å². The molecule has 1 aromatic carbocycles. The Morgan fingerprint density at radius 3 is 2.67 bits per heavy atom. The number of fused-ring (bicyclic) bond motifs is 1. The highest BCUT2D eigenvalue weighted by Gasteiger charge is 2.26. The number of para-hydroxylation sites is 1. The molecule has 0 fully saturated rings. The molecule has 8 heteroatoms. The zero-order chi connectivity index (χ0) is 21.7. The number of aromatic nitrogens is 2. The van der Waals surface area contributed by atoms with Gasteiger partial charge in [-0.3, -0.25) is 9.59 Å². The predicted molar refractivity (Wildman–Crippen MR) is 118 cm³/mol. The molecule has 1 atom stereocenters. The zero-order valence-electron chi connectivity index (χ0n) is 17.6. The predicted octanol–water partition coefficient (Wildman–Crippen LogP) is 3.35. The highest BCUT2D eigenvalue weighted by Crippen LogP contribution is 2.16. The topological polar surface area (TPSA) is 88.3 Å². The lowest BCUT2D eigenvalue weighted by molar-refractivity contribution is -0.132. The van der Waals surface area contributed by atoms with Gasteiger partial charge in [-0.15, -0.1) is 0 Å². The number of carbonyl (C=O) groups is 2. The van der Waals surface area contributed by atoms with Crippen LogP contribution in [0.1, 0.15) is 33.9 Å². The summed E-state index contributed by atoms with van der Waals surface area (Å²) in [5.41, 5.74) is 2.69. The van der Waals surface area contributed by atoms with Crippen molar-refractivity contribution in [2.45, 2.75) is 32.9 Å². The van der Waals surface area contributed by atoms with Gasteiger partial charge in [-0.2, -0.15) is 11.8 Å². The van der Waals surface area contributed by atoms with E-state index in [4.69, 9.17) is 4.52 Å². The van der Waals surface area contributed by atoms with Gasteiger partial charge < -0.3 is 14.7 Å². The largest absolute Gasteiger partial charge is 0.361 e. The van der Waals surface area contributed by atoms with Gasteiger partial charge in [0, 0.05) is 18.0 Å². The van der Waals surface area contributed by atoms with Crippen LogP contribution in [0.15, 0.2) is 40.9 Å². The Morgan fingerprint density at radius 2 is 1.97 bits per heavy atom. The first kappa shape index (κ1) is 21.8. The van der Waals surface area contributed by atoms with Crippen LogP contribution < -0.4 is 5.32 Å². The molecule has 1 N–H and O–H groups in total. The maximum atomic E-state index is 13.1. The van der Waals surface area contributed by atoms with E-state index in [1.54, 1.807) is 29.8 Å². The van der Waals surface area contributed by atoms with E-state index < -0.39 is 6.04 Å². The van der Waals surface area contributed by atoms with Crippen molar-refractivity contribution < 1.29 is 14.1 Å². The SMILES string of the molecule is CSCCC(NC(=O)c1ccc2ccccc2n1)C(=O)N(C)Cc1c(C)noc1C. The molecule has 2 aromatic heterocycles. The molecule has 30 heavy (non-hydrogen) atoms. The van der Waals surface area contributed by atoms with Crippen LogP contribution in [0.4, 0.5) is 0 Å². The average molecular weight is 427 g/mol. The third-order valence-electron chi connectivity index (χ3n) is 5.00. The van der Waals surface area contributed by atoms with Crippen LogP contribution in [-0.2, 0) is 11.3 Å². The first-order valence-corrected chi connectivity index (χ1v) is 11.1. The van der Waals surface area contributed by atoms with Gasteiger partial charge in [-0.05, 0) is 44.4 Å². The van der Waals surface area contributed by atoms with Crippen LogP contribution in [-0.4, -0.2) is 52.0 Å². The Morgan fingerprint density at radius 1 is 1.20 bits per heavy atom. The first-order chi connectivity index (χ1) is 14.4. The summed E-state index contributed by atoms with van der Waals surface area (Å²) in [7, 11) is 1.72. The van der Waals surface area contributed by atoms with Crippen LogP contribution in [0, 0.1) is 13.8 Å². The minimum atomic E-state index is -0.635. The Bertz CT molecular complexity index is 1030. The molecule has 2 amide bonds. The number of thioether (sulfide) groups is 1. The van der Waals surface area contributed by atoms with E-state index in [0.29, 0.717) is 24.4 Å².